The van der Waals surface area contributed by atoms with Gasteiger partial charge >= 0.3 is 0 Å². The van der Waals surface area contributed by atoms with Crippen LogP contribution < -0.4 is 19.9 Å². The van der Waals surface area contributed by atoms with Crippen LogP contribution in [0.2, 0.25) is 0 Å². The number of hydrogen-bond donors (Lipinski definition) is 2. The van der Waals surface area contributed by atoms with Crippen LogP contribution in [-0.2, 0) is 10.0 Å². The first-order valence-electron chi connectivity index (χ1n) is 5.83. The van der Waals surface area contributed by atoms with Gasteiger partial charge in [-0.3, -0.25) is 4.72 Å². The number of hydrogen-bond acceptors (Lipinski definition) is 5. The second-order valence-electron chi connectivity index (χ2n) is 4.25. The van der Waals surface area contributed by atoms with Crippen molar-refractivity contribution in [3.05, 3.63) is 42.5 Å². The summed E-state index contributed by atoms with van der Waals surface area (Å²) in [6, 6.07) is 11.0. The normalized spacial score (nSPS) is 13.2. The molecule has 0 saturated heterocycles. The van der Waals surface area contributed by atoms with Gasteiger partial charge in [-0.1, -0.05) is 6.07 Å². The highest BCUT2D eigenvalue weighted by Crippen LogP contribution is 2.34. The van der Waals surface area contributed by atoms with Crippen molar-refractivity contribution in [1.29, 1.82) is 0 Å². The van der Waals surface area contributed by atoms with E-state index < -0.39 is 10.0 Å². The molecule has 0 spiro atoms. The Morgan fingerprint density at radius 1 is 1.05 bits per heavy atom. The van der Waals surface area contributed by atoms with Crippen LogP contribution in [0.25, 0.3) is 0 Å². The third-order valence-electron chi connectivity index (χ3n) is 2.79. The second kappa shape index (κ2) is 4.61. The lowest BCUT2D eigenvalue weighted by Gasteiger charge is -2.09. The molecule has 0 atom stereocenters. The summed E-state index contributed by atoms with van der Waals surface area (Å²) in [6.07, 6.45) is 0. The van der Waals surface area contributed by atoms with Gasteiger partial charge in [-0.25, -0.2) is 8.42 Å². The summed E-state index contributed by atoms with van der Waals surface area (Å²) in [7, 11) is -3.69. The van der Waals surface area contributed by atoms with Crippen molar-refractivity contribution < 1.29 is 17.9 Å². The van der Waals surface area contributed by atoms with Crippen molar-refractivity contribution in [3.63, 3.8) is 0 Å². The molecule has 7 heteroatoms. The molecule has 3 rings (SSSR count). The molecular formula is C13H12N2O4S. The van der Waals surface area contributed by atoms with Gasteiger partial charge in [-0.2, -0.15) is 0 Å². The van der Waals surface area contributed by atoms with E-state index in [2.05, 4.69) is 4.72 Å². The SMILES string of the molecule is Nc1cccc(NS(=O)(=O)c2ccc3c(c2)OCO3)c1. The maximum atomic E-state index is 12.3. The summed E-state index contributed by atoms with van der Waals surface area (Å²) in [4.78, 5) is 0.101. The van der Waals surface area contributed by atoms with Gasteiger partial charge in [0, 0.05) is 11.8 Å². The molecule has 0 saturated carbocycles. The van der Waals surface area contributed by atoms with Crippen molar-refractivity contribution in [1.82, 2.24) is 0 Å². The van der Waals surface area contributed by atoms with Crippen molar-refractivity contribution in [2.45, 2.75) is 4.90 Å². The number of ether oxygens (including phenoxy) is 2. The summed E-state index contributed by atoms with van der Waals surface area (Å²) in [5, 5.41) is 0. The number of benzene rings is 2. The molecule has 0 unspecified atom stereocenters. The van der Waals surface area contributed by atoms with Crippen molar-refractivity contribution >= 4 is 21.4 Å². The number of fused-ring (bicyclic) bond motifs is 1. The lowest BCUT2D eigenvalue weighted by atomic mass is 10.3. The van der Waals surface area contributed by atoms with Gasteiger partial charge in [0.05, 0.1) is 10.6 Å². The van der Waals surface area contributed by atoms with E-state index >= 15 is 0 Å². The maximum Gasteiger partial charge on any atom is 0.262 e. The zero-order chi connectivity index (χ0) is 14.2. The van der Waals surface area contributed by atoms with Gasteiger partial charge in [0.1, 0.15) is 0 Å². The Hall–Kier alpha value is -2.41. The molecule has 2 aromatic rings. The first-order valence-corrected chi connectivity index (χ1v) is 7.31. The van der Waals surface area contributed by atoms with Gasteiger partial charge in [0.15, 0.2) is 11.5 Å². The number of nitrogens with one attached hydrogen (secondary N) is 1. The van der Waals surface area contributed by atoms with Crippen LogP contribution in [0, 0.1) is 0 Å². The fraction of sp³-hybridized carbons (Fsp3) is 0.0769. The maximum absolute atomic E-state index is 12.3. The summed E-state index contributed by atoms with van der Waals surface area (Å²) < 4.78 is 37.3. The zero-order valence-electron chi connectivity index (χ0n) is 10.4. The fourth-order valence-electron chi connectivity index (χ4n) is 1.86. The quantitative estimate of drug-likeness (QED) is 0.842. The molecule has 1 aliphatic heterocycles. The molecular weight excluding hydrogens is 280 g/mol. The third kappa shape index (κ3) is 2.35. The molecule has 2 aromatic carbocycles. The summed E-state index contributed by atoms with van der Waals surface area (Å²) >= 11 is 0. The van der Waals surface area contributed by atoms with Gasteiger partial charge in [0.2, 0.25) is 6.79 Å². The van der Waals surface area contributed by atoms with E-state index in [9.17, 15) is 8.42 Å². The average Bonchev–Trinajstić information content (AvgIpc) is 2.85. The van der Waals surface area contributed by atoms with Crippen LogP contribution in [0.1, 0.15) is 0 Å². The third-order valence-corrected chi connectivity index (χ3v) is 4.17. The first-order chi connectivity index (χ1) is 9.54. The highest BCUT2D eigenvalue weighted by atomic mass is 32.2. The van der Waals surface area contributed by atoms with Gasteiger partial charge < -0.3 is 15.2 Å². The average molecular weight is 292 g/mol. The number of nitrogen functional groups attached to an aromatic ring is 1. The number of rotatable bonds is 3. The van der Waals surface area contributed by atoms with Crippen LogP contribution in [0.3, 0.4) is 0 Å². The first kappa shape index (κ1) is 12.6. The van der Waals surface area contributed by atoms with Crippen LogP contribution in [0.15, 0.2) is 47.4 Å². The van der Waals surface area contributed by atoms with E-state index in [4.69, 9.17) is 15.2 Å². The monoisotopic (exact) mass is 292 g/mol. The van der Waals surface area contributed by atoms with E-state index in [1.54, 1.807) is 30.3 Å². The molecule has 6 nitrogen and oxygen atoms in total. The molecule has 1 aliphatic rings. The Morgan fingerprint density at radius 3 is 2.65 bits per heavy atom. The molecule has 20 heavy (non-hydrogen) atoms. The topological polar surface area (TPSA) is 90.7 Å². The summed E-state index contributed by atoms with van der Waals surface area (Å²) in [6.45, 7) is 0.0987. The van der Waals surface area contributed by atoms with E-state index in [0.717, 1.165) is 0 Å². The Morgan fingerprint density at radius 2 is 1.85 bits per heavy atom. The molecule has 0 radical (unpaired) electrons. The molecule has 0 fully saturated rings. The lowest BCUT2D eigenvalue weighted by molar-refractivity contribution is 0.174. The second-order valence-corrected chi connectivity index (χ2v) is 5.93. The van der Waals surface area contributed by atoms with Gasteiger partial charge in [0.25, 0.3) is 10.0 Å². The van der Waals surface area contributed by atoms with Crippen LogP contribution in [0.4, 0.5) is 11.4 Å². The summed E-state index contributed by atoms with van der Waals surface area (Å²) in [5.74, 6) is 0.952. The molecule has 3 N–H and O–H groups in total. The largest absolute Gasteiger partial charge is 0.454 e. The van der Waals surface area contributed by atoms with Crippen molar-refractivity contribution in [2.75, 3.05) is 17.2 Å². The predicted octanol–water partition coefficient (Wildman–Crippen LogP) is 1.80. The zero-order valence-corrected chi connectivity index (χ0v) is 11.2. The minimum absolute atomic E-state index is 0.0987. The van der Waals surface area contributed by atoms with Crippen LogP contribution >= 0.6 is 0 Å². The Balaban J connectivity index is 1.92. The Bertz CT molecular complexity index is 759. The molecule has 0 amide bonds. The van der Waals surface area contributed by atoms with Gasteiger partial charge in [-0.05, 0) is 30.3 Å². The highest BCUT2D eigenvalue weighted by molar-refractivity contribution is 7.92. The minimum Gasteiger partial charge on any atom is -0.454 e. The number of sulfonamides is 1. The molecule has 0 aliphatic carbocycles. The van der Waals surface area contributed by atoms with Crippen LogP contribution in [-0.4, -0.2) is 15.2 Å². The summed E-state index contributed by atoms with van der Waals surface area (Å²) in [5.41, 5.74) is 6.51. The van der Waals surface area contributed by atoms with E-state index in [0.29, 0.717) is 22.9 Å². The number of nitrogens with two attached hydrogens (primary N) is 1. The standard InChI is InChI=1S/C13H12N2O4S/c14-9-2-1-3-10(6-9)15-20(16,17)11-4-5-12-13(7-11)19-8-18-12/h1-7,15H,8,14H2. The molecule has 104 valence electrons. The van der Waals surface area contributed by atoms with E-state index in [1.165, 1.54) is 12.1 Å². The smallest absolute Gasteiger partial charge is 0.262 e. The van der Waals surface area contributed by atoms with Crippen molar-refractivity contribution in [2.24, 2.45) is 0 Å². The van der Waals surface area contributed by atoms with Gasteiger partial charge in [-0.15, -0.1) is 0 Å². The van der Waals surface area contributed by atoms with Crippen molar-refractivity contribution in [3.8, 4) is 11.5 Å². The molecule has 1 heterocycles. The minimum atomic E-state index is -3.69. The highest BCUT2D eigenvalue weighted by Gasteiger charge is 2.20. The van der Waals surface area contributed by atoms with E-state index in [-0.39, 0.29) is 11.7 Å². The number of anilines is 2. The Kier molecular flexibility index (Phi) is 2.90. The molecule has 0 aromatic heterocycles. The van der Waals surface area contributed by atoms with E-state index in [1.807, 2.05) is 0 Å². The fourth-order valence-corrected chi connectivity index (χ4v) is 2.92. The predicted molar refractivity (Wildman–Crippen MR) is 74.2 cm³/mol. The van der Waals surface area contributed by atoms with Crippen LogP contribution in [0.5, 0.6) is 11.5 Å². The Labute approximate surface area is 116 Å². The molecule has 0 bridgehead atoms. The lowest BCUT2D eigenvalue weighted by Crippen LogP contribution is -2.13.